The summed E-state index contributed by atoms with van der Waals surface area (Å²) in [6.45, 7) is 7.95. The van der Waals surface area contributed by atoms with E-state index in [0.29, 0.717) is 24.9 Å². The molecule has 2 N–H and O–H groups in total. The summed E-state index contributed by atoms with van der Waals surface area (Å²) in [7, 11) is 1.99. The number of hydrogen-bond acceptors (Lipinski definition) is 6. The van der Waals surface area contributed by atoms with Gasteiger partial charge in [0.1, 0.15) is 17.3 Å². The van der Waals surface area contributed by atoms with Gasteiger partial charge in [0.2, 0.25) is 0 Å². The number of carbonyl (C=O) groups is 1. The molecule has 1 saturated carbocycles. The van der Waals surface area contributed by atoms with Gasteiger partial charge in [0.15, 0.2) is 5.76 Å². The Labute approximate surface area is 207 Å². The first-order chi connectivity index (χ1) is 17.1. The summed E-state index contributed by atoms with van der Waals surface area (Å²) in [4.78, 5) is 27.5. The minimum absolute atomic E-state index is 0.0251. The van der Waals surface area contributed by atoms with Crippen molar-refractivity contribution in [3.05, 3.63) is 36.1 Å². The number of fused-ring (bicyclic) bond motifs is 2. The third-order valence-corrected chi connectivity index (χ3v) is 7.80. The number of piperazine rings is 1. The van der Waals surface area contributed by atoms with Gasteiger partial charge in [0.25, 0.3) is 5.91 Å². The van der Waals surface area contributed by atoms with Crippen molar-refractivity contribution >= 4 is 28.5 Å². The van der Waals surface area contributed by atoms with Gasteiger partial charge < -0.3 is 20.0 Å². The molecule has 1 saturated heterocycles. The van der Waals surface area contributed by atoms with Crippen LogP contribution in [-0.4, -0.2) is 86.3 Å². The van der Waals surface area contributed by atoms with Gasteiger partial charge in [-0.2, -0.15) is 0 Å². The van der Waals surface area contributed by atoms with Gasteiger partial charge in [-0.15, -0.1) is 0 Å². The lowest BCUT2D eigenvalue weighted by Crippen LogP contribution is -2.58. The molecule has 2 atom stereocenters. The summed E-state index contributed by atoms with van der Waals surface area (Å²) in [5.74, 6) is 2.55. The largest absolute Gasteiger partial charge is 0.451 e. The molecule has 35 heavy (non-hydrogen) atoms. The Hall–Kier alpha value is -2.71. The van der Waals surface area contributed by atoms with Crippen molar-refractivity contribution in [3.63, 3.8) is 0 Å². The van der Waals surface area contributed by atoms with Crippen LogP contribution in [0, 0.1) is 5.41 Å². The molecular formula is C27H38N6O2. The van der Waals surface area contributed by atoms with Gasteiger partial charge in [-0.25, -0.2) is 0 Å². The highest BCUT2D eigenvalue weighted by Crippen LogP contribution is 2.40. The number of benzene rings is 1. The van der Waals surface area contributed by atoms with E-state index in [1.165, 1.54) is 12.8 Å². The van der Waals surface area contributed by atoms with E-state index in [2.05, 4.69) is 22.5 Å². The van der Waals surface area contributed by atoms with Crippen LogP contribution < -0.4 is 10.6 Å². The van der Waals surface area contributed by atoms with Crippen LogP contribution in [0.1, 0.15) is 49.6 Å². The van der Waals surface area contributed by atoms with Gasteiger partial charge >= 0.3 is 0 Å². The van der Waals surface area contributed by atoms with E-state index in [0.717, 1.165) is 74.6 Å². The molecule has 3 heterocycles. The summed E-state index contributed by atoms with van der Waals surface area (Å²) < 4.78 is 5.80. The average Bonchev–Trinajstić information content (AvgIpc) is 3.31. The number of nitrogens with one attached hydrogen (secondary N) is 2. The Morgan fingerprint density at radius 3 is 2.89 bits per heavy atom. The van der Waals surface area contributed by atoms with E-state index in [4.69, 9.17) is 14.4 Å². The number of carbonyl (C=O) groups excluding carboxylic acids is 1. The Morgan fingerprint density at radius 1 is 1.26 bits per heavy atom. The molecule has 0 bridgehead atoms. The fourth-order valence-corrected chi connectivity index (χ4v) is 5.61. The van der Waals surface area contributed by atoms with Crippen molar-refractivity contribution in [2.24, 2.45) is 15.4 Å². The number of furan rings is 1. The summed E-state index contributed by atoms with van der Waals surface area (Å²) in [5, 5.41) is 7.81. The SMILES string of the molecule is CNCCCN=C1NC(CN2CCN(C(=O)c3cc4ccccc4o3)CC2)=NC2CCCCC12C. The molecule has 1 aromatic carbocycles. The third kappa shape index (κ3) is 5.14. The standard InChI is InChI=1S/C27H38N6O2/c1-27-11-6-5-10-23(27)30-24(31-26(27)29-13-7-12-28-2)19-32-14-16-33(17-15-32)25(34)22-18-20-8-3-4-9-21(20)35-22/h3-4,8-9,18,23,28H,5-7,10-17,19H2,1-2H3,(H,29,30,31). The summed E-state index contributed by atoms with van der Waals surface area (Å²) in [6.07, 6.45) is 5.81. The van der Waals surface area contributed by atoms with Crippen LogP contribution in [0.3, 0.4) is 0 Å². The van der Waals surface area contributed by atoms with E-state index in [-0.39, 0.29) is 11.3 Å². The van der Waals surface area contributed by atoms with Gasteiger partial charge in [-0.05, 0) is 45.0 Å². The van der Waals surface area contributed by atoms with Crippen LogP contribution in [0.15, 0.2) is 44.7 Å². The fourth-order valence-electron chi connectivity index (χ4n) is 5.61. The lowest BCUT2D eigenvalue weighted by Gasteiger charge is -2.44. The second-order valence-electron chi connectivity index (χ2n) is 10.3. The second-order valence-corrected chi connectivity index (χ2v) is 10.3. The number of rotatable bonds is 7. The van der Waals surface area contributed by atoms with Crippen molar-refractivity contribution in [2.45, 2.75) is 45.1 Å². The monoisotopic (exact) mass is 478 g/mol. The first-order valence-electron chi connectivity index (χ1n) is 13.1. The number of aliphatic imine (C=N–C) groups is 2. The molecule has 8 nitrogen and oxygen atoms in total. The smallest absolute Gasteiger partial charge is 0.289 e. The lowest BCUT2D eigenvalue weighted by atomic mass is 9.70. The number of amidine groups is 2. The van der Waals surface area contributed by atoms with Gasteiger partial charge in [-0.1, -0.05) is 38.0 Å². The highest BCUT2D eigenvalue weighted by Gasteiger charge is 2.44. The number of hydrogen-bond donors (Lipinski definition) is 2. The second kappa shape index (κ2) is 10.5. The van der Waals surface area contributed by atoms with Crippen LogP contribution >= 0.6 is 0 Å². The van der Waals surface area contributed by atoms with Crippen molar-refractivity contribution < 1.29 is 9.21 Å². The molecule has 0 radical (unpaired) electrons. The lowest BCUT2D eigenvalue weighted by molar-refractivity contribution is 0.0624. The molecule has 2 fully saturated rings. The summed E-state index contributed by atoms with van der Waals surface area (Å²) >= 11 is 0. The van der Waals surface area contributed by atoms with E-state index in [9.17, 15) is 4.79 Å². The minimum atomic E-state index is -0.0251. The molecule has 0 spiro atoms. The number of nitrogens with zero attached hydrogens (tertiary/aromatic N) is 4. The maximum absolute atomic E-state index is 13.0. The van der Waals surface area contributed by atoms with Crippen molar-refractivity contribution in [1.29, 1.82) is 0 Å². The Bertz CT molecular complexity index is 1070. The zero-order valence-corrected chi connectivity index (χ0v) is 21.1. The summed E-state index contributed by atoms with van der Waals surface area (Å²) in [5.41, 5.74) is 0.785. The summed E-state index contributed by atoms with van der Waals surface area (Å²) in [6, 6.07) is 9.92. The van der Waals surface area contributed by atoms with Crippen LogP contribution in [0.2, 0.25) is 0 Å². The number of para-hydroxylation sites is 1. The van der Waals surface area contributed by atoms with Gasteiger partial charge in [0, 0.05) is 43.5 Å². The highest BCUT2D eigenvalue weighted by molar-refractivity contribution is 6.06. The van der Waals surface area contributed by atoms with Crippen LogP contribution in [-0.2, 0) is 0 Å². The zero-order chi connectivity index (χ0) is 24.3. The van der Waals surface area contributed by atoms with Crippen LogP contribution in [0.5, 0.6) is 0 Å². The van der Waals surface area contributed by atoms with Crippen LogP contribution in [0.25, 0.3) is 11.0 Å². The maximum Gasteiger partial charge on any atom is 0.289 e. The normalized spacial score (nSPS) is 26.5. The molecular weight excluding hydrogens is 440 g/mol. The molecule has 1 aromatic heterocycles. The van der Waals surface area contributed by atoms with E-state index < -0.39 is 0 Å². The molecule has 2 unspecified atom stereocenters. The third-order valence-electron chi connectivity index (χ3n) is 7.80. The molecule has 5 rings (SSSR count). The molecule has 188 valence electrons. The van der Waals surface area contributed by atoms with E-state index in [1.54, 1.807) is 0 Å². The van der Waals surface area contributed by atoms with E-state index >= 15 is 0 Å². The maximum atomic E-state index is 13.0. The predicted octanol–water partition coefficient (Wildman–Crippen LogP) is 3.15. The first kappa shape index (κ1) is 24.0. The minimum Gasteiger partial charge on any atom is -0.451 e. The molecule has 3 aliphatic rings. The average molecular weight is 479 g/mol. The molecule has 1 amide bonds. The fraction of sp³-hybridized carbons (Fsp3) is 0.593. The zero-order valence-electron chi connectivity index (χ0n) is 21.1. The number of amides is 1. The van der Waals surface area contributed by atoms with Crippen molar-refractivity contribution in [2.75, 3.05) is 52.9 Å². The van der Waals surface area contributed by atoms with Crippen LogP contribution in [0.4, 0.5) is 0 Å². The Balaban J connectivity index is 1.20. The molecule has 2 aromatic rings. The first-order valence-corrected chi connectivity index (χ1v) is 13.1. The topological polar surface area (TPSA) is 85.5 Å². The predicted molar refractivity (Wildman–Crippen MR) is 140 cm³/mol. The molecule has 1 aliphatic carbocycles. The molecule has 2 aliphatic heterocycles. The van der Waals surface area contributed by atoms with Gasteiger partial charge in [-0.3, -0.25) is 19.7 Å². The Kier molecular flexibility index (Phi) is 7.20. The van der Waals surface area contributed by atoms with Gasteiger partial charge in [0.05, 0.1) is 12.6 Å². The van der Waals surface area contributed by atoms with Crippen molar-refractivity contribution in [3.8, 4) is 0 Å². The van der Waals surface area contributed by atoms with E-state index in [1.807, 2.05) is 42.3 Å². The van der Waals surface area contributed by atoms with Crippen molar-refractivity contribution in [1.82, 2.24) is 20.4 Å². The quantitative estimate of drug-likeness (QED) is 0.597. The molecule has 8 heteroatoms. The Morgan fingerprint density at radius 2 is 2.09 bits per heavy atom. The highest BCUT2D eigenvalue weighted by atomic mass is 16.3.